The van der Waals surface area contributed by atoms with Crippen molar-refractivity contribution < 1.29 is 38.4 Å². The second-order valence-corrected chi connectivity index (χ2v) is 12.7. The van der Waals surface area contributed by atoms with Crippen molar-refractivity contribution in [3.8, 4) is 5.75 Å². The second kappa shape index (κ2) is 20.6. The van der Waals surface area contributed by atoms with Crippen molar-refractivity contribution >= 4 is 23.5 Å². The Kier molecular flexibility index (Phi) is 16.6. The highest BCUT2D eigenvalue weighted by Crippen LogP contribution is 2.26. The molecule has 3 rings (SSSR count). The van der Waals surface area contributed by atoms with Gasteiger partial charge in [0.05, 0.1) is 18.6 Å². The number of hydrogen-bond acceptors (Lipinski definition) is 8. The molecule has 2 amide bonds. The van der Waals surface area contributed by atoms with Crippen molar-refractivity contribution in [2.75, 3.05) is 26.3 Å². The van der Waals surface area contributed by atoms with Gasteiger partial charge in [0.25, 0.3) is 0 Å². The molecule has 1 aliphatic heterocycles. The number of methoxy groups -OCH3 is 2. The van der Waals surface area contributed by atoms with Crippen LogP contribution in [0.3, 0.4) is 0 Å². The fourth-order valence-corrected chi connectivity index (χ4v) is 5.90. The Morgan fingerprint density at radius 1 is 1.06 bits per heavy atom. The van der Waals surface area contributed by atoms with E-state index in [0.29, 0.717) is 30.7 Å². The molecule has 1 aromatic rings. The Morgan fingerprint density at radius 2 is 1.81 bits per heavy atom. The van der Waals surface area contributed by atoms with E-state index in [-0.39, 0.29) is 30.9 Å². The number of anilines is 1. The predicted molar refractivity (Wildman–Crippen MR) is 186 cm³/mol. The third kappa shape index (κ3) is 13.1. The zero-order valence-electron chi connectivity index (χ0n) is 29.1. The minimum absolute atomic E-state index is 0.0657. The molecule has 264 valence electrons. The lowest BCUT2D eigenvalue weighted by Crippen LogP contribution is -2.45. The minimum atomic E-state index is -0.867. The number of fused-ring (bicyclic) bond motifs is 2. The Balaban J connectivity index is 1.81. The number of rotatable bonds is 8. The number of aryl methyl sites for hydroxylation is 1. The van der Waals surface area contributed by atoms with E-state index >= 15 is 0 Å². The Labute approximate surface area is 285 Å². The van der Waals surface area contributed by atoms with E-state index in [0.717, 1.165) is 43.2 Å². The number of esters is 1. The first-order valence-corrected chi connectivity index (χ1v) is 17.0. The first kappa shape index (κ1) is 38.7. The molecule has 1 aromatic carbocycles. The summed E-state index contributed by atoms with van der Waals surface area (Å²) in [5, 5.41) is 17.2. The van der Waals surface area contributed by atoms with Crippen LogP contribution in [-0.2, 0) is 35.0 Å². The normalized spacial score (nSPS) is 27.1. The molecule has 2 bridgehead atoms. The number of allylic oxidation sites excluding steroid dienone is 5. The van der Waals surface area contributed by atoms with Gasteiger partial charge in [0, 0.05) is 44.2 Å². The van der Waals surface area contributed by atoms with E-state index < -0.39 is 36.2 Å². The molecule has 0 radical (unpaired) electrons. The topological polar surface area (TPSA) is 132 Å². The number of ether oxygens (including phenoxy) is 4. The van der Waals surface area contributed by atoms with Gasteiger partial charge in [-0.05, 0) is 62.8 Å². The number of nitrogens with one attached hydrogen (secondary N) is 2. The van der Waals surface area contributed by atoms with Gasteiger partial charge in [-0.15, -0.1) is 0 Å². The molecule has 0 aromatic heterocycles. The summed E-state index contributed by atoms with van der Waals surface area (Å²) in [6.45, 7) is 5.44. The van der Waals surface area contributed by atoms with Crippen LogP contribution in [0.1, 0.15) is 77.7 Å². The van der Waals surface area contributed by atoms with E-state index in [1.165, 1.54) is 0 Å². The van der Waals surface area contributed by atoms with E-state index in [9.17, 15) is 19.5 Å². The molecule has 1 heterocycles. The first-order chi connectivity index (χ1) is 23.1. The van der Waals surface area contributed by atoms with E-state index in [4.69, 9.17) is 18.9 Å². The fraction of sp³-hybridized carbons (Fsp3) is 0.553. The standard InChI is InChI=1S/C38H54N2O8/c1-26-15-14-16-29-21-31(23-33(22-29)47-25-45-4)40-35(41)24-32(46-5)19-12-7-6-8-13-20-34(27(2)36(26)42)48-38(44)28(3)39-37(43)30-17-10-9-11-18-30/h6-8,12-13,15,19,21-23,27-28,30,32,34,36,42H,9-11,14,16-18,20,24-25H2,1-5H3,(H,39,43)(H,40,41)/b7-6+,13-8+,19-12+,26-15-/t27-,28+,32-,34-,36-/m0/s1. The van der Waals surface area contributed by atoms with Crippen LogP contribution in [0.25, 0.3) is 0 Å². The van der Waals surface area contributed by atoms with Crippen molar-refractivity contribution in [1.29, 1.82) is 0 Å². The van der Waals surface area contributed by atoms with Gasteiger partial charge in [-0.2, -0.15) is 0 Å². The van der Waals surface area contributed by atoms with Crippen LogP contribution in [0.4, 0.5) is 5.69 Å². The zero-order chi connectivity index (χ0) is 34.9. The minimum Gasteiger partial charge on any atom is -0.467 e. The van der Waals surface area contributed by atoms with Crippen LogP contribution in [0.2, 0.25) is 0 Å². The maximum absolute atomic E-state index is 13.2. The second-order valence-electron chi connectivity index (χ2n) is 12.7. The molecule has 5 atom stereocenters. The Morgan fingerprint density at radius 3 is 2.54 bits per heavy atom. The molecule has 0 unspecified atom stereocenters. The van der Waals surface area contributed by atoms with Gasteiger partial charge >= 0.3 is 5.97 Å². The fourth-order valence-electron chi connectivity index (χ4n) is 5.90. The number of aliphatic hydroxyl groups is 1. The number of carbonyl (C=O) groups excluding carboxylic acids is 3. The van der Waals surface area contributed by atoms with E-state index in [2.05, 4.69) is 10.6 Å². The van der Waals surface area contributed by atoms with Gasteiger partial charge in [-0.25, -0.2) is 4.79 Å². The quantitative estimate of drug-likeness (QED) is 0.176. The van der Waals surface area contributed by atoms with Gasteiger partial charge < -0.3 is 34.7 Å². The van der Waals surface area contributed by atoms with E-state index in [1.54, 1.807) is 39.4 Å². The maximum Gasteiger partial charge on any atom is 0.328 e. The third-order valence-electron chi connectivity index (χ3n) is 8.85. The molecule has 0 spiro atoms. The van der Waals surface area contributed by atoms with Crippen LogP contribution in [0.15, 0.2) is 66.3 Å². The number of aliphatic hydroxyl groups excluding tert-OH is 1. The number of hydrogen-bond donors (Lipinski definition) is 3. The van der Waals surface area contributed by atoms with Crippen molar-refractivity contribution in [1.82, 2.24) is 5.32 Å². The molecule has 1 aliphatic carbocycles. The highest BCUT2D eigenvalue weighted by molar-refractivity contribution is 5.91. The van der Waals surface area contributed by atoms with Crippen LogP contribution in [0.5, 0.6) is 5.75 Å². The molecule has 1 saturated carbocycles. The average Bonchev–Trinajstić information content (AvgIpc) is 3.08. The molecular weight excluding hydrogens is 612 g/mol. The molecule has 10 nitrogen and oxygen atoms in total. The van der Waals surface area contributed by atoms with E-state index in [1.807, 2.05) is 56.4 Å². The largest absolute Gasteiger partial charge is 0.467 e. The van der Waals surface area contributed by atoms with Gasteiger partial charge in [0.15, 0.2) is 6.79 Å². The summed E-state index contributed by atoms with van der Waals surface area (Å²) in [4.78, 5) is 38.9. The Hall–Kier alpha value is -3.73. The summed E-state index contributed by atoms with van der Waals surface area (Å²) in [5.41, 5.74) is 2.29. The first-order valence-electron chi connectivity index (χ1n) is 17.0. The Bertz CT molecular complexity index is 1310. The summed E-state index contributed by atoms with van der Waals surface area (Å²) in [7, 11) is 3.10. The van der Waals surface area contributed by atoms with Gasteiger partial charge in [0.2, 0.25) is 11.8 Å². The van der Waals surface area contributed by atoms with Crippen molar-refractivity contribution in [3.05, 3.63) is 71.9 Å². The monoisotopic (exact) mass is 666 g/mol. The number of amides is 2. The molecule has 48 heavy (non-hydrogen) atoms. The zero-order valence-corrected chi connectivity index (χ0v) is 29.1. The summed E-state index contributed by atoms with van der Waals surface area (Å²) >= 11 is 0. The molecule has 1 fully saturated rings. The summed E-state index contributed by atoms with van der Waals surface area (Å²) < 4.78 is 22.2. The predicted octanol–water partition coefficient (Wildman–Crippen LogP) is 5.96. The van der Waals surface area contributed by atoms with Crippen molar-refractivity contribution in [3.63, 3.8) is 0 Å². The SMILES string of the molecule is COCOc1cc2cc(c1)NC(=O)C[C@@H](OC)/C=C/C=C/C=C/C[C@H](OC(=O)[C@@H](C)NC(=O)C1CCCCC1)[C@H](C)[C@@H](O)/C(C)=C\CC2. The average molecular weight is 667 g/mol. The highest BCUT2D eigenvalue weighted by Gasteiger charge is 2.31. The van der Waals surface area contributed by atoms with Gasteiger partial charge in [-0.1, -0.05) is 68.7 Å². The molecule has 3 N–H and O–H groups in total. The lowest BCUT2D eigenvalue weighted by molar-refractivity contribution is -0.156. The summed E-state index contributed by atoms with van der Waals surface area (Å²) in [5.74, 6) is -0.760. The van der Waals surface area contributed by atoms with Crippen LogP contribution < -0.4 is 15.4 Å². The lowest BCUT2D eigenvalue weighted by atomic mass is 9.88. The summed E-state index contributed by atoms with van der Waals surface area (Å²) in [6, 6.07) is 4.75. The van der Waals surface area contributed by atoms with Gasteiger partial charge in [0.1, 0.15) is 17.9 Å². The van der Waals surface area contributed by atoms with Crippen LogP contribution in [0, 0.1) is 11.8 Å². The molecule has 10 heteroatoms. The summed E-state index contributed by atoms with van der Waals surface area (Å²) in [6.07, 6.45) is 17.6. The smallest absolute Gasteiger partial charge is 0.328 e. The molecule has 2 aliphatic rings. The van der Waals surface area contributed by atoms with Crippen LogP contribution >= 0.6 is 0 Å². The highest BCUT2D eigenvalue weighted by atomic mass is 16.7. The molecular formula is C38H54N2O8. The number of carbonyl (C=O) groups is 3. The van der Waals surface area contributed by atoms with Gasteiger partial charge in [-0.3, -0.25) is 9.59 Å². The molecule has 0 saturated heterocycles. The third-order valence-corrected chi connectivity index (χ3v) is 8.85. The number of benzene rings is 1. The van der Waals surface area contributed by atoms with Crippen molar-refractivity contribution in [2.45, 2.75) is 103 Å². The van der Waals surface area contributed by atoms with Crippen LogP contribution in [-0.4, -0.2) is 68.3 Å². The lowest BCUT2D eigenvalue weighted by Gasteiger charge is -2.29. The maximum atomic E-state index is 13.2. The van der Waals surface area contributed by atoms with Crippen molar-refractivity contribution in [2.24, 2.45) is 11.8 Å².